The largest absolute Gasteiger partial charge is 0.204 e. The molecule has 0 saturated heterocycles. The summed E-state index contributed by atoms with van der Waals surface area (Å²) in [6.45, 7) is 0. The standard InChI is InChI=1S/C12H7F3S/c13-10-6-9(7-11(14)12(10)15)16-8-4-2-1-3-5-8/h1-7H. The summed E-state index contributed by atoms with van der Waals surface area (Å²) in [4.78, 5) is 1.18. The molecule has 0 N–H and O–H groups in total. The highest BCUT2D eigenvalue weighted by atomic mass is 32.2. The zero-order valence-electron chi connectivity index (χ0n) is 8.08. The molecule has 0 heterocycles. The van der Waals surface area contributed by atoms with Gasteiger partial charge in [-0.1, -0.05) is 30.0 Å². The van der Waals surface area contributed by atoms with Crippen molar-refractivity contribution < 1.29 is 13.2 Å². The van der Waals surface area contributed by atoms with Gasteiger partial charge in [0.1, 0.15) is 0 Å². The van der Waals surface area contributed by atoms with Crippen LogP contribution in [0.25, 0.3) is 0 Å². The molecule has 16 heavy (non-hydrogen) atoms. The molecule has 0 nitrogen and oxygen atoms in total. The van der Waals surface area contributed by atoms with E-state index in [1.165, 1.54) is 11.8 Å². The first kappa shape index (κ1) is 11.1. The first-order chi connectivity index (χ1) is 7.66. The molecule has 2 aromatic carbocycles. The van der Waals surface area contributed by atoms with Crippen molar-refractivity contribution in [3.05, 3.63) is 59.9 Å². The number of rotatable bonds is 2. The lowest BCUT2D eigenvalue weighted by atomic mass is 10.3. The number of halogens is 3. The second kappa shape index (κ2) is 4.61. The third kappa shape index (κ3) is 2.39. The third-order valence-corrected chi connectivity index (χ3v) is 2.92. The molecule has 0 aromatic heterocycles. The van der Waals surface area contributed by atoms with Gasteiger partial charge in [0, 0.05) is 9.79 Å². The van der Waals surface area contributed by atoms with Crippen molar-refractivity contribution in [1.29, 1.82) is 0 Å². The van der Waals surface area contributed by atoms with E-state index in [1.54, 1.807) is 0 Å². The summed E-state index contributed by atoms with van der Waals surface area (Å²) in [5.74, 6) is -3.77. The second-order valence-corrected chi connectivity index (χ2v) is 4.26. The predicted molar refractivity (Wildman–Crippen MR) is 56.9 cm³/mol. The third-order valence-electron chi connectivity index (χ3n) is 1.94. The van der Waals surface area contributed by atoms with Crippen molar-refractivity contribution in [3.63, 3.8) is 0 Å². The Morgan fingerprint density at radius 2 is 1.31 bits per heavy atom. The lowest BCUT2D eigenvalue weighted by molar-refractivity contribution is 0.443. The first-order valence-corrected chi connectivity index (χ1v) is 5.36. The highest BCUT2D eigenvalue weighted by Crippen LogP contribution is 2.29. The molecule has 4 heteroatoms. The van der Waals surface area contributed by atoms with Crippen molar-refractivity contribution in [2.45, 2.75) is 9.79 Å². The second-order valence-electron chi connectivity index (χ2n) is 3.12. The number of hydrogen-bond acceptors (Lipinski definition) is 1. The quantitative estimate of drug-likeness (QED) is 0.707. The fraction of sp³-hybridized carbons (Fsp3) is 0. The lowest BCUT2D eigenvalue weighted by Gasteiger charge is -2.02. The summed E-state index contributed by atoms with van der Waals surface area (Å²) >= 11 is 1.18. The van der Waals surface area contributed by atoms with Gasteiger partial charge in [0.05, 0.1) is 0 Å². The zero-order valence-corrected chi connectivity index (χ0v) is 8.90. The van der Waals surface area contributed by atoms with Gasteiger partial charge in [0.2, 0.25) is 0 Å². The Morgan fingerprint density at radius 3 is 1.88 bits per heavy atom. The molecule has 2 rings (SSSR count). The van der Waals surface area contributed by atoms with Crippen molar-refractivity contribution in [2.24, 2.45) is 0 Å². The summed E-state index contributed by atoms with van der Waals surface area (Å²) in [5.41, 5.74) is 0. The molecule has 2 aromatic rings. The minimum Gasteiger partial charge on any atom is -0.204 e. The van der Waals surface area contributed by atoms with E-state index in [2.05, 4.69) is 0 Å². The Balaban J connectivity index is 2.29. The number of benzene rings is 2. The van der Waals surface area contributed by atoms with Gasteiger partial charge in [-0.2, -0.15) is 0 Å². The van der Waals surface area contributed by atoms with Crippen LogP contribution < -0.4 is 0 Å². The topological polar surface area (TPSA) is 0 Å². The summed E-state index contributed by atoms with van der Waals surface area (Å²) in [6.07, 6.45) is 0. The van der Waals surface area contributed by atoms with Crippen molar-refractivity contribution in [1.82, 2.24) is 0 Å². The summed E-state index contributed by atoms with van der Waals surface area (Å²) in [5, 5.41) is 0. The molecule has 0 atom stereocenters. The molecular formula is C12H7F3S. The summed E-state index contributed by atoms with van der Waals surface area (Å²) in [6, 6.07) is 11.1. The van der Waals surface area contributed by atoms with Crippen LogP contribution in [-0.4, -0.2) is 0 Å². The molecule has 0 saturated carbocycles. The van der Waals surface area contributed by atoms with Gasteiger partial charge >= 0.3 is 0 Å². The molecule has 0 aliphatic rings. The molecule has 0 amide bonds. The maximum Gasteiger partial charge on any atom is 0.194 e. The van der Waals surface area contributed by atoms with Gasteiger partial charge in [-0.3, -0.25) is 0 Å². The highest BCUT2D eigenvalue weighted by molar-refractivity contribution is 7.99. The molecule has 0 fully saturated rings. The maximum absolute atomic E-state index is 12.9. The molecule has 0 aliphatic carbocycles. The minimum absolute atomic E-state index is 0.336. The zero-order chi connectivity index (χ0) is 11.5. The predicted octanol–water partition coefficient (Wildman–Crippen LogP) is 4.26. The van der Waals surface area contributed by atoms with E-state index in [9.17, 15) is 13.2 Å². The van der Waals surface area contributed by atoms with Crippen molar-refractivity contribution in [3.8, 4) is 0 Å². The SMILES string of the molecule is Fc1cc(Sc2ccccc2)cc(F)c1F. The molecular weight excluding hydrogens is 233 g/mol. The van der Waals surface area contributed by atoms with E-state index in [-0.39, 0.29) is 0 Å². The van der Waals surface area contributed by atoms with Crippen LogP contribution in [0.15, 0.2) is 52.3 Å². The fourth-order valence-electron chi connectivity index (χ4n) is 1.22. The van der Waals surface area contributed by atoms with Crippen LogP contribution in [0, 0.1) is 17.5 Å². The molecule has 0 spiro atoms. The van der Waals surface area contributed by atoms with Gasteiger partial charge in [-0.15, -0.1) is 0 Å². The van der Waals surface area contributed by atoms with Crippen LogP contribution in [-0.2, 0) is 0 Å². The van der Waals surface area contributed by atoms with Crippen LogP contribution in [0.3, 0.4) is 0 Å². The normalized spacial score (nSPS) is 10.4. The fourth-order valence-corrected chi connectivity index (χ4v) is 2.11. The van der Waals surface area contributed by atoms with Gasteiger partial charge < -0.3 is 0 Å². The Labute approximate surface area is 95.1 Å². The Hall–Kier alpha value is -1.42. The van der Waals surface area contributed by atoms with Crippen molar-refractivity contribution >= 4 is 11.8 Å². The molecule has 0 bridgehead atoms. The monoisotopic (exact) mass is 240 g/mol. The average molecular weight is 240 g/mol. The van der Waals surface area contributed by atoms with E-state index in [0.717, 1.165) is 17.0 Å². The van der Waals surface area contributed by atoms with Gasteiger partial charge in [-0.05, 0) is 24.3 Å². The van der Waals surface area contributed by atoms with E-state index < -0.39 is 17.5 Å². The van der Waals surface area contributed by atoms with Crippen LogP contribution in [0.2, 0.25) is 0 Å². The lowest BCUT2D eigenvalue weighted by Crippen LogP contribution is -1.90. The van der Waals surface area contributed by atoms with Crippen LogP contribution >= 0.6 is 11.8 Å². The van der Waals surface area contributed by atoms with E-state index in [1.807, 2.05) is 30.3 Å². The maximum atomic E-state index is 12.9. The molecule has 82 valence electrons. The first-order valence-electron chi connectivity index (χ1n) is 4.54. The Morgan fingerprint density at radius 1 is 0.750 bits per heavy atom. The summed E-state index contributed by atoms with van der Waals surface area (Å²) in [7, 11) is 0. The average Bonchev–Trinajstić information content (AvgIpc) is 2.27. The highest BCUT2D eigenvalue weighted by Gasteiger charge is 2.10. The number of hydrogen-bond donors (Lipinski definition) is 0. The smallest absolute Gasteiger partial charge is 0.194 e. The summed E-state index contributed by atoms with van der Waals surface area (Å²) < 4.78 is 38.5. The molecule has 0 unspecified atom stereocenters. The van der Waals surface area contributed by atoms with Crippen LogP contribution in [0.1, 0.15) is 0 Å². The Bertz CT molecular complexity index is 474. The van der Waals surface area contributed by atoms with Crippen LogP contribution in [0.5, 0.6) is 0 Å². The van der Waals surface area contributed by atoms with E-state index in [0.29, 0.717) is 4.90 Å². The molecule has 0 aliphatic heterocycles. The van der Waals surface area contributed by atoms with Gasteiger partial charge in [0.25, 0.3) is 0 Å². The Kier molecular flexibility index (Phi) is 3.19. The van der Waals surface area contributed by atoms with Crippen LogP contribution in [0.4, 0.5) is 13.2 Å². The van der Waals surface area contributed by atoms with Gasteiger partial charge in [0.15, 0.2) is 17.5 Å². The molecule has 0 radical (unpaired) electrons. The van der Waals surface area contributed by atoms with E-state index in [4.69, 9.17) is 0 Å². The van der Waals surface area contributed by atoms with Gasteiger partial charge in [-0.25, -0.2) is 13.2 Å². The van der Waals surface area contributed by atoms with E-state index >= 15 is 0 Å². The van der Waals surface area contributed by atoms with Crippen molar-refractivity contribution in [2.75, 3.05) is 0 Å². The minimum atomic E-state index is -1.43.